The zero-order chi connectivity index (χ0) is 11.7. The summed E-state index contributed by atoms with van der Waals surface area (Å²) in [7, 11) is 0. The average Bonchev–Trinajstić information content (AvgIpc) is 1.98. The molecule has 0 aliphatic heterocycles. The number of esters is 1. The summed E-state index contributed by atoms with van der Waals surface area (Å²) in [5, 5.41) is 15.9. The number of aliphatic hydroxyl groups excluding tert-OH is 1. The fourth-order valence-electron chi connectivity index (χ4n) is 0.319. The highest BCUT2D eigenvalue weighted by atomic mass is 16.5. The van der Waals surface area contributed by atoms with E-state index in [1.165, 1.54) is 0 Å². The molecule has 0 rings (SSSR count). The Bertz CT molecular complexity index is 208. The largest absolute Gasteiger partial charge is 0.465 e. The Hall–Kier alpha value is -1.56. The van der Waals surface area contributed by atoms with E-state index in [2.05, 4.69) is 17.0 Å². The number of carboxylic acid groups (broad SMARTS) is 1. The summed E-state index contributed by atoms with van der Waals surface area (Å²) in [4.78, 5) is 19.4. The Morgan fingerprint density at radius 2 is 1.93 bits per heavy atom. The summed E-state index contributed by atoms with van der Waals surface area (Å²) in [5.41, 5.74) is 4.38. The van der Waals surface area contributed by atoms with Gasteiger partial charge < -0.3 is 20.7 Å². The molecule has 0 bridgehead atoms. The minimum Gasteiger partial charge on any atom is -0.465 e. The Kier molecular flexibility index (Phi) is 8.60. The van der Waals surface area contributed by atoms with Gasteiger partial charge in [0.05, 0.1) is 6.10 Å². The minimum atomic E-state index is -1.33. The third-order valence-corrected chi connectivity index (χ3v) is 0.804. The molecule has 14 heavy (non-hydrogen) atoms. The van der Waals surface area contributed by atoms with E-state index < -0.39 is 18.2 Å². The lowest BCUT2D eigenvalue weighted by Crippen LogP contribution is -2.15. The van der Waals surface area contributed by atoms with Crippen LogP contribution in [0.4, 0.5) is 4.79 Å². The number of aliphatic hydroxyl groups is 1. The van der Waals surface area contributed by atoms with E-state index in [9.17, 15) is 4.79 Å². The highest BCUT2D eigenvalue weighted by molar-refractivity contribution is 5.86. The molecule has 0 radical (unpaired) electrons. The summed E-state index contributed by atoms with van der Waals surface area (Å²) in [5.74, 6) is -0.457. The summed E-state index contributed by atoms with van der Waals surface area (Å²) < 4.78 is 4.58. The molecular weight excluding hydrogens is 190 g/mol. The molecule has 0 spiro atoms. The van der Waals surface area contributed by atoms with Gasteiger partial charge in [0.2, 0.25) is 0 Å². The number of amides is 1. The van der Waals surface area contributed by atoms with Crippen molar-refractivity contribution in [1.82, 2.24) is 0 Å². The Morgan fingerprint density at radius 3 is 2.14 bits per heavy atom. The van der Waals surface area contributed by atoms with Crippen LogP contribution in [-0.2, 0) is 9.53 Å². The molecule has 1 unspecified atom stereocenters. The van der Waals surface area contributed by atoms with Crippen molar-refractivity contribution in [3.8, 4) is 0 Å². The number of ether oxygens (including phenoxy) is 1. The van der Waals surface area contributed by atoms with E-state index in [0.29, 0.717) is 5.57 Å². The zero-order valence-electron chi connectivity index (χ0n) is 8.19. The second-order valence-electron chi connectivity index (χ2n) is 2.57. The Labute approximate surface area is 82.0 Å². The van der Waals surface area contributed by atoms with Crippen LogP contribution in [0.1, 0.15) is 13.8 Å². The van der Waals surface area contributed by atoms with E-state index in [-0.39, 0.29) is 6.61 Å². The van der Waals surface area contributed by atoms with Crippen molar-refractivity contribution in [1.29, 1.82) is 0 Å². The first-order valence-electron chi connectivity index (χ1n) is 3.76. The first-order valence-corrected chi connectivity index (χ1v) is 3.76. The van der Waals surface area contributed by atoms with Gasteiger partial charge in [-0.1, -0.05) is 6.58 Å². The number of hydrogen-bond donors (Lipinski definition) is 3. The summed E-state index contributed by atoms with van der Waals surface area (Å²) in [6.45, 7) is 6.52. The first kappa shape index (κ1) is 14.9. The fourth-order valence-corrected chi connectivity index (χ4v) is 0.319. The Balaban J connectivity index is 0. The van der Waals surface area contributed by atoms with Crippen LogP contribution >= 0.6 is 0 Å². The van der Waals surface area contributed by atoms with Gasteiger partial charge in [0, 0.05) is 5.57 Å². The summed E-state index contributed by atoms with van der Waals surface area (Å²) in [6.07, 6.45) is -1.94. The van der Waals surface area contributed by atoms with E-state index in [1.54, 1.807) is 13.8 Å². The van der Waals surface area contributed by atoms with Gasteiger partial charge in [-0.05, 0) is 13.8 Å². The molecule has 0 aromatic heterocycles. The van der Waals surface area contributed by atoms with Crippen molar-refractivity contribution in [2.45, 2.75) is 20.0 Å². The molecule has 0 aliphatic rings. The van der Waals surface area contributed by atoms with Crippen molar-refractivity contribution in [3.63, 3.8) is 0 Å². The Morgan fingerprint density at radius 1 is 1.57 bits per heavy atom. The normalized spacial score (nSPS) is 10.5. The van der Waals surface area contributed by atoms with Gasteiger partial charge in [0.1, 0.15) is 6.61 Å². The van der Waals surface area contributed by atoms with Crippen LogP contribution in [0.25, 0.3) is 0 Å². The second kappa shape index (κ2) is 8.06. The molecule has 4 N–H and O–H groups in total. The van der Waals surface area contributed by atoms with E-state index in [1.807, 2.05) is 0 Å². The summed E-state index contributed by atoms with van der Waals surface area (Å²) in [6, 6.07) is 0. The predicted molar refractivity (Wildman–Crippen MR) is 49.7 cm³/mol. The number of hydrogen-bond acceptors (Lipinski definition) is 4. The highest BCUT2D eigenvalue weighted by Crippen LogP contribution is 1.92. The SMILES string of the molecule is C=C(C)C(=O)OCC(C)O.NC(=O)O. The van der Waals surface area contributed by atoms with Crippen LogP contribution in [0.5, 0.6) is 0 Å². The smallest absolute Gasteiger partial charge is 0.402 e. The van der Waals surface area contributed by atoms with Crippen molar-refractivity contribution in [3.05, 3.63) is 12.2 Å². The van der Waals surface area contributed by atoms with E-state index in [0.717, 1.165) is 0 Å². The maximum Gasteiger partial charge on any atom is 0.402 e. The number of nitrogens with two attached hydrogens (primary N) is 1. The maximum atomic E-state index is 10.6. The molecule has 0 saturated heterocycles. The molecule has 82 valence electrons. The van der Waals surface area contributed by atoms with Gasteiger partial charge in [0.25, 0.3) is 0 Å². The van der Waals surface area contributed by atoms with Crippen molar-refractivity contribution < 1.29 is 24.5 Å². The van der Waals surface area contributed by atoms with Crippen LogP contribution in [0.2, 0.25) is 0 Å². The molecule has 0 heterocycles. The van der Waals surface area contributed by atoms with Crippen molar-refractivity contribution in [2.75, 3.05) is 6.61 Å². The zero-order valence-corrected chi connectivity index (χ0v) is 8.19. The molecule has 1 amide bonds. The van der Waals surface area contributed by atoms with Crippen molar-refractivity contribution in [2.24, 2.45) is 5.73 Å². The molecular formula is C8H15NO5. The number of carbonyl (C=O) groups excluding carboxylic acids is 1. The van der Waals surface area contributed by atoms with Gasteiger partial charge in [-0.3, -0.25) is 0 Å². The van der Waals surface area contributed by atoms with Gasteiger partial charge in [-0.25, -0.2) is 9.59 Å². The quantitative estimate of drug-likeness (QED) is 0.447. The summed E-state index contributed by atoms with van der Waals surface area (Å²) >= 11 is 0. The van der Waals surface area contributed by atoms with Crippen LogP contribution in [0.3, 0.4) is 0 Å². The number of primary amides is 1. The predicted octanol–water partition coefficient (Wildman–Crippen LogP) is 0.110. The van der Waals surface area contributed by atoms with Gasteiger partial charge >= 0.3 is 12.1 Å². The average molecular weight is 205 g/mol. The molecule has 0 aromatic carbocycles. The van der Waals surface area contributed by atoms with Gasteiger partial charge in [0.15, 0.2) is 0 Å². The maximum absolute atomic E-state index is 10.6. The monoisotopic (exact) mass is 205 g/mol. The number of carbonyl (C=O) groups is 2. The molecule has 6 heteroatoms. The van der Waals surface area contributed by atoms with Gasteiger partial charge in [-0.15, -0.1) is 0 Å². The standard InChI is InChI=1S/C7H12O3.CH3NO2/c1-5(2)7(9)10-4-6(3)8;2-1(3)4/h6,8H,1,4H2,2-3H3;2H2,(H,3,4). The van der Waals surface area contributed by atoms with Crippen LogP contribution in [0.15, 0.2) is 12.2 Å². The van der Waals surface area contributed by atoms with Crippen LogP contribution < -0.4 is 5.73 Å². The molecule has 0 aliphatic carbocycles. The third-order valence-electron chi connectivity index (χ3n) is 0.804. The van der Waals surface area contributed by atoms with E-state index in [4.69, 9.17) is 15.0 Å². The first-order chi connectivity index (χ1) is 6.27. The molecule has 0 saturated carbocycles. The second-order valence-corrected chi connectivity index (χ2v) is 2.57. The minimum absolute atomic E-state index is 0.0334. The van der Waals surface area contributed by atoms with Gasteiger partial charge in [-0.2, -0.15) is 0 Å². The van der Waals surface area contributed by atoms with Crippen LogP contribution in [-0.4, -0.2) is 35.0 Å². The molecule has 1 atom stereocenters. The molecule has 6 nitrogen and oxygen atoms in total. The van der Waals surface area contributed by atoms with Crippen molar-refractivity contribution >= 4 is 12.1 Å². The molecule has 0 aromatic rings. The topological polar surface area (TPSA) is 110 Å². The third kappa shape index (κ3) is 16.8. The lowest BCUT2D eigenvalue weighted by Gasteiger charge is -2.04. The highest BCUT2D eigenvalue weighted by Gasteiger charge is 2.03. The number of rotatable bonds is 3. The fraction of sp³-hybridized carbons (Fsp3) is 0.500. The molecule has 0 fully saturated rings. The lowest BCUT2D eigenvalue weighted by atomic mass is 10.3. The van der Waals surface area contributed by atoms with Crippen LogP contribution in [0, 0.1) is 0 Å². The lowest BCUT2D eigenvalue weighted by molar-refractivity contribution is -0.141. The van der Waals surface area contributed by atoms with E-state index >= 15 is 0 Å².